The Morgan fingerprint density at radius 2 is 1.96 bits per heavy atom. The van der Waals surface area contributed by atoms with E-state index in [1.54, 1.807) is 14.0 Å². The lowest BCUT2D eigenvalue weighted by molar-refractivity contribution is -0.130. The number of carbonyl (C=O) groups is 1. The van der Waals surface area contributed by atoms with Crippen LogP contribution in [0.1, 0.15) is 43.7 Å². The van der Waals surface area contributed by atoms with E-state index in [-0.39, 0.29) is 5.91 Å². The quantitative estimate of drug-likeness (QED) is 0.856. The molecule has 0 saturated carbocycles. The Bertz CT molecular complexity index is 572. The topological polar surface area (TPSA) is 32.8 Å². The highest BCUT2D eigenvalue weighted by Crippen LogP contribution is 2.32. The van der Waals surface area contributed by atoms with Crippen LogP contribution in [-0.4, -0.2) is 48.0 Å². The Balaban J connectivity index is 1.77. The van der Waals surface area contributed by atoms with Gasteiger partial charge in [0.15, 0.2) is 0 Å². The molecule has 0 unspecified atom stereocenters. The summed E-state index contributed by atoms with van der Waals surface area (Å²) in [4.78, 5) is 16.6. The number of nitrogens with zero attached hydrogens (tertiary/aromatic N) is 2. The van der Waals surface area contributed by atoms with Crippen LogP contribution in [0.5, 0.6) is 5.75 Å². The second-order valence-corrected chi connectivity index (χ2v) is 6.92. The van der Waals surface area contributed by atoms with Gasteiger partial charge in [0.05, 0.1) is 7.11 Å². The molecule has 1 aromatic rings. The summed E-state index contributed by atoms with van der Waals surface area (Å²) in [6.45, 7) is 6.79. The minimum absolute atomic E-state index is 0.229. The van der Waals surface area contributed by atoms with E-state index in [0.29, 0.717) is 12.1 Å². The maximum Gasteiger partial charge on any atom is 0.219 e. The second kappa shape index (κ2) is 6.91. The first-order chi connectivity index (χ1) is 11.1. The lowest BCUT2D eigenvalue weighted by atomic mass is 10.0. The molecule has 4 heteroatoms. The van der Waals surface area contributed by atoms with Crippen molar-refractivity contribution in [1.82, 2.24) is 9.80 Å². The summed E-state index contributed by atoms with van der Waals surface area (Å²) >= 11 is 0. The molecule has 1 amide bonds. The molecular weight excluding hydrogens is 288 g/mol. The Morgan fingerprint density at radius 3 is 2.70 bits per heavy atom. The number of benzene rings is 1. The van der Waals surface area contributed by atoms with Crippen LogP contribution in [-0.2, 0) is 11.3 Å². The summed E-state index contributed by atoms with van der Waals surface area (Å²) in [5, 5.41) is 0. The maximum absolute atomic E-state index is 11.9. The minimum atomic E-state index is 0.229. The van der Waals surface area contributed by atoms with Crippen molar-refractivity contribution in [3.63, 3.8) is 0 Å². The molecule has 3 rings (SSSR count). The highest BCUT2D eigenvalue weighted by molar-refractivity contribution is 5.74. The number of amides is 1. The van der Waals surface area contributed by atoms with E-state index in [1.807, 2.05) is 0 Å². The summed E-state index contributed by atoms with van der Waals surface area (Å²) in [6, 6.07) is 7.27. The molecule has 2 saturated heterocycles. The molecule has 2 fully saturated rings. The van der Waals surface area contributed by atoms with E-state index in [9.17, 15) is 4.79 Å². The standard InChI is InChI=1S/C19H28N2O2/c1-14-8-9-19(23-3)16(12-14)13-20-10-4-6-17(20)18-7-5-11-21(18)15(2)22/h8-9,12,17-18H,4-7,10-11,13H2,1-3H3/t17-,18+/m0/s1. The van der Waals surface area contributed by atoms with Crippen molar-refractivity contribution in [3.8, 4) is 5.75 Å². The second-order valence-electron chi connectivity index (χ2n) is 6.92. The number of rotatable bonds is 4. The summed E-state index contributed by atoms with van der Waals surface area (Å²) in [5.74, 6) is 1.20. The predicted octanol–water partition coefficient (Wildman–Crippen LogP) is 2.98. The molecule has 4 nitrogen and oxygen atoms in total. The Kier molecular flexibility index (Phi) is 4.90. The normalized spacial score (nSPS) is 25.1. The van der Waals surface area contributed by atoms with Gasteiger partial charge in [0.1, 0.15) is 5.75 Å². The van der Waals surface area contributed by atoms with Crippen LogP contribution in [0.15, 0.2) is 18.2 Å². The van der Waals surface area contributed by atoms with Gasteiger partial charge in [-0.05, 0) is 45.2 Å². The van der Waals surface area contributed by atoms with E-state index < -0.39 is 0 Å². The average Bonchev–Trinajstić information content (AvgIpc) is 3.15. The SMILES string of the molecule is COc1ccc(C)cc1CN1CCC[C@H]1[C@H]1CCCN1C(C)=O. The molecule has 2 aliphatic rings. The van der Waals surface area contributed by atoms with Gasteiger partial charge in [-0.15, -0.1) is 0 Å². The first kappa shape index (κ1) is 16.3. The van der Waals surface area contributed by atoms with E-state index in [2.05, 4.69) is 34.9 Å². The number of aryl methyl sites for hydroxylation is 1. The molecule has 0 aromatic heterocycles. The van der Waals surface area contributed by atoms with Gasteiger partial charge in [-0.1, -0.05) is 17.7 Å². The van der Waals surface area contributed by atoms with Crippen molar-refractivity contribution in [2.24, 2.45) is 0 Å². The molecule has 1 aromatic carbocycles. The number of ether oxygens (including phenoxy) is 1. The summed E-state index contributed by atoms with van der Waals surface area (Å²) in [7, 11) is 1.74. The molecule has 0 N–H and O–H groups in total. The van der Waals surface area contributed by atoms with Gasteiger partial charge in [-0.25, -0.2) is 0 Å². The van der Waals surface area contributed by atoms with E-state index in [1.165, 1.54) is 24.0 Å². The largest absolute Gasteiger partial charge is 0.496 e. The number of hydrogen-bond acceptors (Lipinski definition) is 3. The van der Waals surface area contributed by atoms with Gasteiger partial charge in [0.25, 0.3) is 0 Å². The van der Waals surface area contributed by atoms with Crippen LogP contribution in [0, 0.1) is 6.92 Å². The molecule has 0 spiro atoms. The highest BCUT2D eigenvalue weighted by atomic mass is 16.5. The zero-order valence-corrected chi connectivity index (χ0v) is 14.5. The smallest absolute Gasteiger partial charge is 0.219 e. The molecule has 23 heavy (non-hydrogen) atoms. The maximum atomic E-state index is 11.9. The fourth-order valence-corrected chi connectivity index (χ4v) is 4.32. The van der Waals surface area contributed by atoms with Gasteiger partial charge in [0.2, 0.25) is 5.91 Å². The Labute approximate surface area is 139 Å². The van der Waals surface area contributed by atoms with Gasteiger partial charge in [-0.3, -0.25) is 9.69 Å². The Morgan fingerprint density at radius 1 is 1.22 bits per heavy atom. The van der Waals surface area contributed by atoms with Crippen molar-refractivity contribution in [1.29, 1.82) is 0 Å². The first-order valence-electron chi connectivity index (χ1n) is 8.75. The molecule has 0 aliphatic carbocycles. The van der Waals surface area contributed by atoms with Crippen molar-refractivity contribution < 1.29 is 9.53 Å². The number of likely N-dealkylation sites (tertiary alicyclic amines) is 2. The third-order valence-electron chi connectivity index (χ3n) is 5.37. The van der Waals surface area contributed by atoms with Crippen LogP contribution >= 0.6 is 0 Å². The Hall–Kier alpha value is -1.55. The van der Waals surface area contributed by atoms with Crippen molar-refractivity contribution in [2.75, 3.05) is 20.2 Å². The molecule has 126 valence electrons. The van der Waals surface area contributed by atoms with Crippen LogP contribution in [0.2, 0.25) is 0 Å². The van der Waals surface area contributed by atoms with Crippen LogP contribution < -0.4 is 4.74 Å². The van der Waals surface area contributed by atoms with Gasteiger partial charge < -0.3 is 9.64 Å². The zero-order valence-electron chi connectivity index (χ0n) is 14.5. The average molecular weight is 316 g/mol. The van der Waals surface area contributed by atoms with Crippen molar-refractivity contribution in [2.45, 2.75) is 58.2 Å². The van der Waals surface area contributed by atoms with Crippen LogP contribution in [0.3, 0.4) is 0 Å². The molecular formula is C19H28N2O2. The highest BCUT2D eigenvalue weighted by Gasteiger charge is 2.38. The van der Waals surface area contributed by atoms with E-state index in [0.717, 1.165) is 38.2 Å². The van der Waals surface area contributed by atoms with Gasteiger partial charge >= 0.3 is 0 Å². The fraction of sp³-hybridized carbons (Fsp3) is 0.632. The van der Waals surface area contributed by atoms with E-state index >= 15 is 0 Å². The van der Waals surface area contributed by atoms with Crippen LogP contribution in [0.4, 0.5) is 0 Å². The third kappa shape index (κ3) is 3.37. The lowest BCUT2D eigenvalue weighted by Gasteiger charge is -2.35. The van der Waals surface area contributed by atoms with E-state index in [4.69, 9.17) is 4.74 Å². The summed E-state index contributed by atoms with van der Waals surface area (Å²) < 4.78 is 5.54. The predicted molar refractivity (Wildman–Crippen MR) is 91.6 cm³/mol. The molecule has 2 aliphatic heterocycles. The van der Waals surface area contributed by atoms with Gasteiger partial charge in [0, 0.05) is 37.7 Å². The lowest BCUT2D eigenvalue weighted by Crippen LogP contribution is -2.47. The number of carbonyl (C=O) groups excluding carboxylic acids is 1. The minimum Gasteiger partial charge on any atom is -0.496 e. The molecule has 2 atom stereocenters. The zero-order chi connectivity index (χ0) is 16.4. The molecule has 2 heterocycles. The number of methoxy groups -OCH3 is 1. The number of hydrogen-bond donors (Lipinski definition) is 0. The van der Waals surface area contributed by atoms with Crippen molar-refractivity contribution in [3.05, 3.63) is 29.3 Å². The summed E-state index contributed by atoms with van der Waals surface area (Å²) in [5.41, 5.74) is 2.52. The van der Waals surface area contributed by atoms with Crippen molar-refractivity contribution >= 4 is 5.91 Å². The third-order valence-corrected chi connectivity index (χ3v) is 5.37. The van der Waals surface area contributed by atoms with Gasteiger partial charge in [-0.2, -0.15) is 0 Å². The fourth-order valence-electron chi connectivity index (χ4n) is 4.32. The summed E-state index contributed by atoms with van der Waals surface area (Å²) in [6.07, 6.45) is 4.71. The monoisotopic (exact) mass is 316 g/mol. The molecule has 0 bridgehead atoms. The first-order valence-corrected chi connectivity index (χ1v) is 8.75. The van der Waals surface area contributed by atoms with Crippen LogP contribution in [0.25, 0.3) is 0 Å². The molecule has 0 radical (unpaired) electrons.